The first-order valence-corrected chi connectivity index (χ1v) is 6.75. The quantitative estimate of drug-likeness (QED) is 0.773. The molecule has 2 rings (SSSR count). The van der Waals surface area contributed by atoms with Gasteiger partial charge in [-0.05, 0) is 11.2 Å². The highest BCUT2D eigenvalue weighted by molar-refractivity contribution is 5.70. The standard InChI is InChI=1S/C12H12N4O2.C2HF3O2/c1-9(6-12(17)18)16-5-3-10(7-15-16)11-2-4-13-8-14-11;3-2(4,5)1(6)7/h2-5,7-9H,6H2,1H3;(H,6,7). The van der Waals surface area contributed by atoms with Crippen LogP contribution in [0.3, 0.4) is 0 Å². The second-order valence-corrected chi connectivity index (χ2v) is 4.72. The maximum absolute atomic E-state index is 10.6. The van der Waals surface area contributed by atoms with E-state index >= 15 is 0 Å². The molecule has 2 aromatic rings. The third kappa shape index (κ3) is 6.89. The van der Waals surface area contributed by atoms with Crippen LogP contribution in [0, 0.1) is 0 Å². The number of aliphatic carboxylic acids is 2. The fourth-order valence-corrected chi connectivity index (χ4v) is 1.59. The van der Waals surface area contributed by atoms with Crippen LogP contribution in [-0.4, -0.2) is 38.3 Å². The summed E-state index contributed by atoms with van der Waals surface area (Å²) in [5.41, 5.74) is 1.66. The van der Waals surface area contributed by atoms with Crippen LogP contribution < -0.4 is 9.79 Å². The Morgan fingerprint density at radius 1 is 1.36 bits per heavy atom. The number of alkyl halides is 3. The zero-order valence-electron chi connectivity index (χ0n) is 12.8. The van der Waals surface area contributed by atoms with E-state index in [0.717, 1.165) is 11.3 Å². The van der Waals surface area contributed by atoms with Gasteiger partial charge >= 0.3 is 12.1 Å². The Bertz CT molecular complexity index is 708. The van der Waals surface area contributed by atoms with E-state index in [4.69, 9.17) is 15.0 Å². The van der Waals surface area contributed by atoms with Crippen LogP contribution in [0.15, 0.2) is 37.1 Å². The van der Waals surface area contributed by atoms with Gasteiger partial charge in [0.25, 0.3) is 0 Å². The first-order chi connectivity index (χ1) is 11.6. The molecular formula is C14H13F3N4O4. The van der Waals surface area contributed by atoms with Gasteiger partial charge in [0.2, 0.25) is 0 Å². The second-order valence-electron chi connectivity index (χ2n) is 4.72. The molecule has 2 heterocycles. The van der Waals surface area contributed by atoms with Gasteiger partial charge in [0.15, 0.2) is 12.2 Å². The summed E-state index contributed by atoms with van der Waals surface area (Å²) >= 11 is 0. The molecule has 1 N–H and O–H groups in total. The molecule has 134 valence electrons. The number of carbonyl (C=O) groups excluding carboxylic acids is 1. The van der Waals surface area contributed by atoms with Gasteiger partial charge in [-0.3, -0.25) is 4.79 Å². The highest BCUT2D eigenvalue weighted by atomic mass is 19.4. The predicted octanol–water partition coefficient (Wildman–Crippen LogP) is 0.160. The lowest BCUT2D eigenvalue weighted by Gasteiger charge is -2.03. The SMILES string of the molecule is CC(CC(=O)O)[n+]1ccc(-c2ccncn2)cn1.O=C([O-])C(F)(F)F. The summed E-state index contributed by atoms with van der Waals surface area (Å²) in [4.78, 5) is 27.4. The minimum Gasteiger partial charge on any atom is -0.542 e. The molecule has 1 atom stereocenters. The van der Waals surface area contributed by atoms with Gasteiger partial charge in [-0.1, -0.05) is 4.68 Å². The van der Waals surface area contributed by atoms with Gasteiger partial charge in [0.1, 0.15) is 24.9 Å². The summed E-state index contributed by atoms with van der Waals surface area (Å²) < 4.78 is 33.2. The van der Waals surface area contributed by atoms with Crippen molar-refractivity contribution in [1.82, 2.24) is 15.1 Å². The normalized spacial score (nSPS) is 11.8. The molecule has 0 bridgehead atoms. The Hall–Kier alpha value is -3.11. The van der Waals surface area contributed by atoms with E-state index in [1.165, 1.54) is 6.33 Å². The molecule has 2 aromatic heterocycles. The smallest absolute Gasteiger partial charge is 0.430 e. The zero-order chi connectivity index (χ0) is 19.0. The van der Waals surface area contributed by atoms with Crippen molar-refractivity contribution in [3.05, 3.63) is 37.1 Å². The Labute approximate surface area is 139 Å². The predicted molar refractivity (Wildman–Crippen MR) is 73.5 cm³/mol. The largest absolute Gasteiger partial charge is 0.542 e. The average molecular weight is 358 g/mol. The van der Waals surface area contributed by atoms with Crippen LogP contribution in [0.25, 0.3) is 11.3 Å². The molecule has 1 unspecified atom stereocenters. The molecular weight excluding hydrogens is 345 g/mol. The lowest BCUT2D eigenvalue weighted by atomic mass is 10.2. The summed E-state index contributed by atoms with van der Waals surface area (Å²) in [5, 5.41) is 21.7. The molecule has 25 heavy (non-hydrogen) atoms. The lowest BCUT2D eigenvalue weighted by molar-refractivity contribution is -0.773. The highest BCUT2D eigenvalue weighted by Crippen LogP contribution is 2.12. The first kappa shape index (κ1) is 19.9. The van der Waals surface area contributed by atoms with Crippen LogP contribution >= 0.6 is 0 Å². The van der Waals surface area contributed by atoms with Gasteiger partial charge in [-0.2, -0.15) is 13.2 Å². The van der Waals surface area contributed by atoms with Crippen molar-refractivity contribution in [3.63, 3.8) is 0 Å². The summed E-state index contributed by atoms with van der Waals surface area (Å²) in [6.45, 7) is 1.81. The van der Waals surface area contributed by atoms with Crippen LogP contribution in [-0.2, 0) is 9.59 Å². The fraction of sp³-hybridized carbons (Fsp3) is 0.286. The number of carboxylic acid groups (broad SMARTS) is 2. The van der Waals surface area contributed by atoms with Gasteiger partial charge < -0.3 is 15.0 Å². The molecule has 0 fully saturated rings. The van der Waals surface area contributed by atoms with Gasteiger partial charge in [0.05, 0.1) is 5.69 Å². The van der Waals surface area contributed by atoms with Crippen molar-refractivity contribution in [3.8, 4) is 11.3 Å². The highest BCUT2D eigenvalue weighted by Gasteiger charge is 2.28. The van der Waals surface area contributed by atoms with Crippen LogP contribution in [0.1, 0.15) is 19.4 Å². The number of carboxylic acids is 2. The number of nitrogens with zero attached hydrogens (tertiary/aromatic N) is 4. The minimum absolute atomic E-state index is 0.0462. The van der Waals surface area contributed by atoms with Gasteiger partial charge in [0, 0.05) is 24.8 Å². The van der Waals surface area contributed by atoms with E-state index < -0.39 is 18.1 Å². The van der Waals surface area contributed by atoms with Gasteiger partial charge in [-0.15, -0.1) is 0 Å². The number of aromatic nitrogens is 4. The Balaban J connectivity index is 0.000000381. The third-order valence-electron chi connectivity index (χ3n) is 2.77. The molecule has 0 radical (unpaired) electrons. The molecule has 0 saturated heterocycles. The van der Waals surface area contributed by atoms with Crippen molar-refractivity contribution >= 4 is 11.9 Å². The summed E-state index contributed by atoms with van der Waals surface area (Å²) in [5.74, 6) is -3.84. The third-order valence-corrected chi connectivity index (χ3v) is 2.77. The monoisotopic (exact) mass is 358 g/mol. The summed E-state index contributed by atoms with van der Waals surface area (Å²) in [7, 11) is 0. The molecule has 0 aliphatic rings. The Morgan fingerprint density at radius 3 is 2.40 bits per heavy atom. The summed E-state index contributed by atoms with van der Waals surface area (Å²) in [6.07, 6.45) is 1.41. The molecule has 0 aromatic carbocycles. The maximum atomic E-state index is 10.6. The molecule has 0 amide bonds. The second kappa shape index (κ2) is 8.66. The molecule has 11 heteroatoms. The van der Waals surface area contributed by atoms with Crippen molar-refractivity contribution in [2.75, 3.05) is 0 Å². The molecule has 0 spiro atoms. The fourth-order valence-electron chi connectivity index (χ4n) is 1.59. The van der Waals surface area contributed by atoms with Crippen LogP contribution in [0.2, 0.25) is 0 Å². The number of halogens is 3. The number of carbonyl (C=O) groups is 2. The van der Waals surface area contributed by atoms with Crippen molar-refractivity contribution in [1.29, 1.82) is 0 Å². The average Bonchev–Trinajstić information content (AvgIpc) is 2.55. The zero-order valence-corrected chi connectivity index (χ0v) is 12.8. The molecule has 0 aliphatic carbocycles. The molecule has 8 nitrogen and oxygen atoms in total. The molecule has 0 saturated carbocycles. The van der Waals surface area contributed by atoms with Crippen molar-refractivity contribution in [2.24, 2.45) is 0 Å². The summed E-state index contributed by atoms with van der Waals surface area (Å²) in [6, 6.07) is 3.47. The van der Waals surface area contributed by atoms with Crippen LogP contribution in [0.4, 0.5) is 13.2 Å². The number of hydrogen-bond donors (Lipinski definition) is 1. The van der Waals surface area contributed by atoms with E-state index in [-0.39, 0.29) is 12.5 Å². The Morgan fingerprint density at radius 2 is 2.00 bits per heavy atom. The number of hydrogen-bond acceptors (Lipinski definition) is 6. The minimum atomic E-state index is -5.19. The number of rotatable bonds is 4. The Kier molecular flexibility index (Phi) is 6.91. The van der Waals surface area contributed by atoms with Crippen molar-refractivity contribution in [2.45, 2.75) is 25.6 Å². The first-order valence-electron chi connectivity index (χ1n) is 6.75. The maximum Gasteiger partial charge on any atom is 0.430 e. The van der Waals surface area contributed by atoms with Crippen LogP contribution in [0.5, 0.6) is 0 Å². The lowest BCUT2D eigenvalue weighted by Crippen LogP contribution is -2.42. The molecule has 0 aliphatic heterocycles. The van der Waals surface area contributed by atoms with E-state index in [0.29, 0.717) is 0 Å². The van der Waals surface area contributed by atoms with Crippen molar-refractivity contribution < 1.29 is 37.7 Å². The van der Waals surface area contributed by atoms with E-state index in [9.17, 15) is 18.0 Å². The van der Waals surface area contributed by atoms with Gasteiger partial charge in [-0.25, -0.2) is 9.97 Å². The topological polar surface area (TPSA) is 120 Å². The van der Waals surface area contributed by atoms with E-state index in [2.05, 4.69) is 15.1 Å². The van der Waals surface area contributed by atoms with E-state index in [1.807, 2.05) is 13.0 Å². The van der Waals surface area contributed by atoms with E-state index in [1.54, 1.807) is 29.3 Å².